The van der Waals surface area contributed by atoms with Gasteiger partial charge in [0.1, 0.15) is 24.0 Å². The molecular weight excluding hydrogens is 428 g/mol. The molecule has 0 atom stereocenters. The molecule has 0 radical (unpaired) electrons. The number of halogens is 5. The predicted molar refractivity (Wildman–Crippen MR) is 104 cm³/mol. The van der Waals surface area contributed by atoms with Crippen LogP contribution in [0.15, 0.2) is 42.0 Å². The summed E-state index contributed by atoms with van der Waals surface area (Å²) in [5.74, 6) is 1.43. The van der Waals surface area contributed by atoms with Crippen LogP contribution in [0.4, 0.5) is 18.9 Å². The lowest BCUT2D eigenvalue weighted by molar-refractivity contribution is -0.137. The highest BCUT2D eigenvalue weighted by Crippen LogP contribution is 2.34. The molecular formula is C20H11Cl2F3N2O2. The van der Waals surface area contributed by atoms with Crippen LogP contribution in [-0.2, 0) is 11.0 Å². The SMILES string of the molecule is C#CCOc1c(Cl)cc(Cl)cc1/C=C(\C#N)C(=O)Nc1cccc(C(F)(F)F)c1. The first-order valence-corrected chi connectivity index (χ1v) is 8.57. The first kappa shape index (κ1) is 22.2. The maximum atomic E-state index is 12.8. The molecule has 0 saturated carbocycles. The number of nitrogens with zero attached hydrogens (tertiary/aromatic N) is 1. The normalized spacial score (nSPS) is 11.3. The molecule has 1 N–H and O–H groups in total. The summed E-state index contributed by atoms with van der Waals surface area (Å²) in [7, 11) is 0. The van der Waals surface area contributed by atoms with Crippen molar-refractivity contribution in [3.05, 3.63) is 63.1 Å². The number of nitrogens with one attached hydrogen (secondary N) is 1. The lowest BCUT2D eigenvalue weighted by Gasteiger charge is -2.11. The second-order valence-electron chi connectivity index (χ2n) is 5.50. The highest BCUT2D eigenvalue weighted by atomic mass is 35.5. The molecule has 148 valence electrons. The maximum absolute atomic E-state index is 12.8. The summed E-state index contributed by atoms with van der Waals surface area (Å²) in [5, 5.41) is 11.9. The number of alkyl halides is 3. The van der Waals surface area contributed by atoms with Crippen LogP contribution in [0.25, 0.3) is 6.08 Å². The summed E-state index contributed by atoms with van der Waals surface area (Å²) >= 11 is 12.0. The molecule has 0 aliphatic carbocycles. The Balaban J connectivity index is 2.37. The van der Waals surface area contributed by atoms with Crippen LogP contribution in [0.1, 0.15) is 11.1 Å². The van der Waals surface area contributed by atoms with Gasteiger partial charge in [0.2, 0.25) is 0 Å². The minimum atomic E-state index is -4.57. The second-order valence-corrected chi connectivity index (χ2v) is 6.34. The van der Waals surface area contributed by atoms with Crippen molar-refractivity contribution in [1.82, 2.24) is 0 Å². The van der Waals surface area contributed by atoms with Crippen molar-refractivity contribution in [3.63, 3.8) is 0 Å². The Labute approximate surface area is 174 Å². The monoisotopic (exact) mass is 438 g/mol. The number of carbonyl (C=O) groups excluding carboxylic acids is 1. The van der Waals surface area contributed by atoms with Gasteiger partial charge in [0, 0.05) is 16.3 Å². The third kappa shape index (κ3) is 5.92. The summed E-state index contributed by atoms with van der Waals surface area (Å²) in [6.07, 6.45) is 1.73. The molecule has 2 rings (SSSR count). The van der Waals surface area contributed by atoms with Crippen LogP contribution in [0.2, 0.25) is 10.0 Å². The van der Waals surface area contributed by atoms with Gasteiger partial charge in [0.15, 0.2) is 0 Å². The van der Waals surface area contributed by atoms with Crippen LogP contribution in [0.5, 0.6) is 5.75 Å². The van der Waals surface area contributed by atoms with Gasteiger partial charge in [-0.1, -0.05) is 35.2 Å². The third-order valence-corrected chi connectivity index (χ3v) is 3.95. The average Bonchev–Trinajstić information content (AvgIpc) is 2.64. The van der Waals surface area contributed by atoms with Crippen molar-refractivity contribution >= 4 is 40.9 Å². The van der Waals surface area contributed by atoms with Crippen LogP contribution >= 0.6 is 23.2 Å². The van der Waals surface area contributed by atoms with Gasteiger partial charge in [0.25, 0.3) is 5.91 Å². The molecule has 2 aromatic carbocycles. The topological polar surface area (TPSA) is 62.1 Å². The van der Waals surface area contributed by atoms with E-state index in [9.17, 15) is 23.2 Å². The smallest absolute Gasteiger partial charge is 0.416 e. The van der Waals surface area contributed by atoms with E-state index >= 15 is 0 Å². The molecule has 0 aliphatic rings. The van der Waals surface area contributed by atoms with Crippen molar-refractivity contribution in [2.75, 3.05) is 11.9 Å². The number of anilines is 1. The molecule has 2 aromatic rings. The van der Waals surface area contributed by atoms with E-state index in [1.54, 1.807) is 6.07 Å². The summed E-state index contributed by atoms with van der Waals surface area (Å²) in [6, 6.07) is 8.48. The van der Waals surface area contributed by atoms with Crippen LogP contribution in [0.3, 0.4) is 0 Å². The molecule has 0 aromatic heterocycles. The fourth-order valence-electron chi connectivity index (χ4n) is 2.23. The Bertz CT molecular complexity index is 1050. The van der Waals surface area contributed by atoms with Crippen LogP contribution < -0.4 is 10.1 Å². The summed E-state index contributed by atoms with van der Waals surface area (Å²) in [6.45, 7) is -0.124. The molecule has 0 unspecified atom stereocenters. The van der Waals surface area contributed by atoms with E-state index in [-0.39, 0.29) is 33.7 Å². The number of nitriles is 1. The minimum absolute atomic E-state index is 0.105. The predicted octanol–water partition coefficient (Wildman–Crippen LogP) is 5.57. The largest absolute Gasteiger partial charge is 0.479 e. The quantitative estimate of drug-likeness (QED) is 0.377. The number of benzene rings is 2. The second kappa shape index (κ2) is 9.38. The number of hydrogen-bond donors (Lipinski definition) is 1. The van der Waals surface area contributed by atoms with Crippen molar-refractivity contribution in [3.8, 4) is 24.2 Å². The van der Waals surface area contributed by atoms with E-state index in [0.29, 0.717) is 0 Å². The van der Waals surface area contributed by atoms with Crippen molar-refractivity contribution in [2.24, 2.45) is 0 Å². The number of carbonyl (C=O) groups is 1. The summed E-state index contributed by atoms with van der Waals surface area (Å²) in [4.78, 5) is 12.4. The molecule has 9 heteroatoms. The molecule has 0 aliphatic heterocycles. The number of rotatable bonds is 5. The van der Waals surface area contributed by atoms with Crippen molar-refractivity contribution < 1.29 is 22.7 Å². The molecule has 1 amide bonds. The molecule has 0 spiro atoms. The van der Waals surface area contributed by atoms with E-state index in [2.05, 4.69) is 11.2 Å². The standard InChI is InChI=1S/C20H11Cl2F3N2O2/c1-2-6-29-18-12(8-15(21)10-17(18)22)7-13(11-26)19(28)27-16-5-3-4-14(9-16)20(23,24)25/h1,3-5,7-10H,6H2,(H,27,28)/b13-7+. The van der Waals surface area contributed by atoms with E-state index in [0.717, 1.165) is 24.3 Å². The van der Waals surface area contributed by atoms with Gasteiger partial charge in [-0.2, -0.15) is 18.4 Å². The first-order chi connectivity index (χ1) is 13.7. The number of ether oxygens (including phenoxy) is 1. The van der Waals surface area contributed by atoms with E-state index in [4.69, 9.17) is 34.4 Å². The maximum Gasteiger partial charge on any atom is 0.416 e. The number of amides is 1. The van der Waals surface area contributed by atoms with Gasteiger partial charge in [-0.05, 0) is 36.4 Å². The third-order valence-electron chi connectivity index (χ3n) is 3.45. The molecule has 0 saturated heterocycles. The fourth-order valence-corrected chi connectivity index (χ4v) is 2.79. The molecule has 0 heterocycles. The minimum Gasteiger partial charge on any atom is -0.479 e. The Hall–Kier alpha value is -3.13. The van der Waals surface area contributed by atoms with Gasteiger partial charge in [-0.25, -0.2) is 0 Å². The number of hydrogen-bond acceptors (Lipinski definition) is 3. The van der Waals surface area contributed by atoms with Gasteiger partial charge >= 0.3 is 6.18 Å². The molecule has 29 heavy (non-hydrogen) atoms. The zero-order valence-electron chi connectivity index (χ0n) is 14.5. The molecule has 0 bridgehead atoms. The van der Waals surface area contributed by atoms with E-state index < -0.39 is 23.2 Å². The molecule has 0 fully saturated rings. The Morgan fingerprint density at radius 3 is 2.62 bits per heavy atom. The summed E-state index contributed by atoms with van der Waals surface area (Å²) in [5.41, 5.74) is -1.27. The van der Waals surface area contributed by atoms with Gasteiger partial charge in [-0.3, -0.25) is 4.79 Å². The average molecular weight is 439 g/mol. The van der Waals surface area contributed by atoms with Crippen molar-refractivity contribution in [1.29, 1.82) is 5.26 Å². The Morgan fingerprint density at radius 2 is 2.00 bits per heavy atom. The highest BCUT2D eigenvalue weighted by Gasteiger charge is 2.30. The van der Waals surface area contributed by atoms with Crippen molar-refractivity contribution in [2.45, 2.75) is 6.18 Å². The lowest BCUT2D eigenvalue weighted by Crippen LogP contribution is -2.14. The van der Waals surface area contributed by atoms with Crippen LogP contribution in [0, 0.1) is 23.7 Å². The summed E-state index contributed by atoms with van der Waals surface area (Å²) < 4.78 is 43.8. The zero-order valence-corrected chi connectivity index (χ0v) is 16.0. The van der Waals surface area contributed by atoms with Crippen LogP contribution in [-0.4, -0.2) is 12.5 Å². The fraction of sp³-hybridized carbons (Fsp3) is 0.100. The van der Waals surface area contributed by atoms with Gasteiger partial charge < -0.3 is 10.1 Å². The zero-order chi connectivity index (χ0) is 21.6. The molecule has 4 nitrogen and oxygen atoms in total. The highest BCUT2D eigenvalue weighted by molar-refractivity contribution is 6.36. The van der Waals surface area contributed by atoms with Gasteiger partial charge in [0.05, 0.1) is 10.6 Å². The Kier molecular flexibility index (Phi) is 7.17. The lowest BCUT2D eigenvalue weighted by atomic mass is 10.1. The number of terminal acetylenes is 1. The van der Waals surface area contributed by atoms with Gasteiger partial charge in [-0.15, -0.1) is 6.42 Å². The van der Waals surface area contributed by atoms with E-state index in [1.807, 2.05) is 0 Å². The van der Waals surface area contributed by atoms with E-state index in [1.165, 1.54) is 18.2 Å². The first-order valence-electron chi connectivity index (χ1n) is 7.81. The Morgan fingerprint density at radius 1 is 1.28 bits per heavy atom.